The molecular weight excluding hydrogens is 248 g/mol. The molecule has 2 rings (SSSR count). The first kappa shape index (κ1) is 14.3. The highest BCUT2D eigenvalue weighted by molar-refractivity contribution is 5.29. The number of phenols is 1. The van der Waals surface area contributed by atoms with Crippen LogP contribution in [0.5, 0.6) is 5.75 Å². The second-order valence-corrected chi connectivity index (χ2v) is 5.75. The molecule has 0 aromatic heterocycles. The molecule has 0 aliphatic heterocycles. The topological polar surface area (TPSA) is 32.3 Å². The van der Waals surface area contributed by atoms with Gasteiger partial charge in [0.2, 0.25) is 0 Å². The maximum atomic E-state index is 13.2. The van der Waals surface area contributed by atoms with Crippen molar-refractivity contribution < 1.29 is 13.9 Å². The van der Waals surface area contributed by atoms with Crippen LogP contribution in [0.15, 0.2) is 12.1 Å². The maximum absolute atomic E-state index is 13.2. The Labute approximate surface area is 112 Å². The highest BCUT2D eigenvalue weighted by Crippen LogP contribution is 2.29. The molecule has 0 saturated heterocycles. The van der Waals surface area contributed by atoms with Gasteiger partial charge in [-0.15, -0.1) is 0 Å². The summed E-state index contributed by atoms with van der Waals surface area (Å²) in [6.45, 7) is 4.95. The number of phenolic OH excluding ortho intramolecular Hbond substituents is 1. The van der Waals surface area contributed by atoms with Gasteiger partial charge in [0.1, 0.15) is 0 Å². The van der Waals surface area contributed by atoms with Crippen molar-refractivity contribution in [1.29, 1.82) is 0 Å². The molecule has 106 valence electrons. The van der Waals surface area contributed by atoms with Gasteiger partial charge < -0.3 is 10.4 Å². The van der Waals surface area contributed by atoms with Gasteiger partial charge in [-0.1, -0.05) is 13.8 Å². The Kier molecular flexibility index (Phi) is 4.40. The van der Waals surface area contributed by atoms with Crippen molar-refractivity contribution in [3.05, 3.63) is 29.3 Å². The normalized spacial score (nSPS) is 27.5. The highest BCUT2D eigenvalue weighted by atomic mass is 19.1. The summed E-state index contributed by atoms with van der Waals surface area (Å²) in [6, 6.07) is 2.77. The van der Waals surface area contributed by atoms with Crippen LogP contribution in [0, 0.1) is 23.5 Å². The smallest absolute Gasteiger partial charge is 0.187 e. The Bertz CT molecular complexity index is 427. The molecule has 0 spiro atoms. The Balaban J connectivity index is 1.92. The third-order valence-corrected chi connectivity index (χ3v) is 4.27. The molecule has 1 aromatic rings. The van der Waals surface area contributed by atoms with Crippen LogP contribution >= 0.6 is 0 Å². The standard InChI is InChI=1S/C15H21F2NO/c1-9-3-4-12(5-10(9)2)18-8-11-6-13(16)15(19)14(17)7-11/h6-7,9-10,12,18-19H,3-5,8H2,1-2H3. The molecule has 2 nitrogen and oxygen atoms in total. The molecule has 1 fully saturated rings. The van der Waals surface area contributed by atoms with Crippen LogP contribution in [-0.4, -0.2) is 11.1 Å². The zero-order chi connectivity index (χ0) is 14.0. The van der Waals surface area contributed by atoms with Crippen molar-refractivity contribution in [2.45, 2.75) is 45.7 Å². The fourth-order valence-electron chi connectivity index (χ4n) is 2.72. The number of hydrogen-bond donors (Lipinski definition) is 2. The van der Waals surface area contributed by atoms with E-state index >= 15 is 0 Å². The first-order valence-corrected chi connectivity index (χ1v) is 6.87. The average molecular weight is 269 g/mol. The van der Waals surface area contributed by atoms with E-state index < -0.39 is 17.4 Å². The van der Waals surface area contributed by atoms with Crippen LogP contribution in [0.3, 0.4) is 0 Å². The molecule has 19 heavy (non-hydrogen) atoms. The summed E-state index contributed by atoms with van der Waals surface area (Å²) in [4.78, 5) is 0. The second-order valence-electron chi connectivity index (χ2n) is 5.75. The van der Waals surface area contributed by atoms with Gasteiger partial charge in [-0.25, -0.2) is 8.78 Å². The number of nitrogens with one attached hydrogen (secondary N) is 1. The molecular formula is C15H21F2NO. The van der Waals surface area contributed by atoms with E-state index in [0.717, 1.165) is 18.8 Å². The van der Waals surface area contributed by atoms with Crippen molar-refractivity contribution >= 4 is 0 Å². The van der Waals surface area contributed by atoms with Gasteiger partial charge in [0.25, 0.3) is 0 Å². The second kappa shape index (κ2) is 5.87. The van der Waals surface area contributed by atoms with Crippen molar-refractivity contribution in [3.8, 4) is 5.75 Å². The molecule has 2 N–H and O–H groups in total. The van der Waals surface area contributed by atoms with Crippen LogP contribution < -0.4 is 5.32 Å². The minimum atomic E-state index is -0.901. The lowest BCUT2D eigenvalue weighted by Crippen LogP contribution is -2.35. The predicted octanol–water partition coefficient (Wildman–Crippen LogP) is 3.58. The van der Waals surface area contributed by atoms with Crippen LogP contribution in [0.4, 0.5) is 8.78 Å². The zero-order valence-electron chi connectivity index (χ0n) is 11.4. The lowest BCUT2D eigenvalue weighted by molar-refractivity contribution is 0.225. The summed E-state index contributed by atoms with van der Waals surface area (Å²) in [5, 5.41) is 12.4. The molecule has 0 bridgehead atoms. The lowest BCUT2D eigenvalue weighted by Gasteiger charge is -2.32. The van der Waals surface area contributed by atoms with E-state index in [9.17, 15) is 8.78 Å². The fourth-order valence-corrected chi connectivity index (χ4v) is 2.72. The van der Waals surface area contributed by atoms with Crippen molar-refractivity contribution in [1.82, 2.24) is 5.32 Å². The zero-order valence-corrected chi connectivity index (χ0v) is 11.4. The van der Waals surface area contributed by atoms with Crippen LogP contribution in [0.1, 0.15) is 38.7 Å². The van der Waals surface area contributed by atoms with Crippen LogP contribution in [0.2, 0.25) is 0 Å². The SMILES string of the molecule is CC1CCC(NCc2cc(F)c(O)c(F)c2)CC1C. The molecule has 0 radical (unpaired) electrons. The van der Waals surface area contributed by atoms with E-state index in [2.05, 4.69) is 19.2 Å². The summed E-state index contributed by atoms with van der Waals surface area (Å²) in [6.07, 6.45) is 3.40. The van der Waals surface area contributed by atoms with Gasteiger partial charge in [0.05, 0.1) is 0 Å². The van der Waals surface area contributed by atoms with Crippen molar-refractivity contribution in [2.24, 2.45) is 11.8 Å². The minimum Gasteiger partial charge on any atom is -0.503 e. The largest absolute Gasteiger partial charge is 0.503 e. The number of aromatic hydroxyl groups is 1. The van der Waals surface area contributed by atoms with E-state index in [1.54, 1.807) is 0 Å². The van der Waals surface area contributed by atoms with E-state index in [4.69, 9.17) is 5.11 Å². The summed E-state index contributed by atoms with van der Waals surface area (Å²) >= 11 is 0. The fraction of sp³-hybridized carbons (Fsp3) is 0.600. The van der Waals surface area contributed by atoms with E-state index in [1.165, 1.54) is 18.6 Å². The number of hydrogen-bond acceptors (Lipinski definition) is 2. The summed E-state index contributed by atoms with van der Waals surface area (Å²) in [7, 11) is 0. The Morgan fingerprint density at radius 2 is 1.79 bits per heavy atom. The van der Waals surface area contributed by atoms with Gasteiger partial charge in [0.15, 0.2) is 17.4 Å². The molecule has 3 atom stereocenters. The molecule has 0 heterocycles. The van der Waals surface area contributed by atoms with Crippen molar-refractivity contribution in [2.75, 3.05) is 0 Å². The third-order valence-electron chi connectivity index (χ3n) is 4.27. The van der Waals surface area contributed by atoms with Gasteiger partial charge >= 0.3 is 0 Å². The van der Waals surface area contributed by atoms with E-state index in [0.29, 0.717) is 24.1 Å². The average Bonchev–Trinajstić information content (AvgIpc) is 2.37. The van der Waals surface area contributed by atoms with E-state index in [1.807, 2.05) is 0 Å². The van der Waals surface area contributed by atoms with Gasteiger partial charge in [0, 0.05) is 12.6 Å². The number of rotatable bonds is 3. The highest BCUT2D eigenvalue weighted by Gasteiger charge is 2.24. The minimum absolute atomic E-state index is 0.408. The van der Waals surface area contributed by atoms with Gasteiger partial charge in [-0.2, -0.15) is 0 Å². The van der Waals surface area contributed by atoms with Crippen molar-refractivity contribution in [3.63, 3.8) is 0 Å². The molecule has 0 amide bonds. The first-order valence-electron chi connectivity index (χ1n) is 6.87. The Hall–Kier alpha value is -1.16. The van der Waals surface area contributed by atoms with Crippen LogP contribution in [-0.2, 0) is 6.54 Å². The van der Waals surface area contributed by atoms with Gasteiger partial charge in [-0.05, 0) is 48.8 Å². The van der Waals surface area contributed by atoms with Gasteiger partial charge in [-0.3, -0.25) is 0 Å². The summed E-state index contributed by atoms with van der Waals surface area (Å²) in [5.74, 6) is -1.27. The predicted molar refractivity (Wildman–Crippen MR) is 70.8 cm³/mol. The Morgan fingerprint density at radius 3 is 2.37 bits per heavy atom. The molecule has 1 aliphatic carbocycles. The molecule has 1 aromatic carbocycles. The quantitative estimate of drug-likeness (QED) is 0.879. The molecule has 1 saturated carbocycles. The first-order chi connectivity index (χ1) is 8.97. The molecule has 4 heteroatoms. The number of benzene rings is 1. The van der Waals surface area contributed by atoms with Crippen LogP contribution in [0.25, 0.3) is 0 Å². The monoisotopic (exact) mass is 269 g/mol. The summed E-state index contributed by atoms with van der Waals surface area (Å²) < 4.78 is 26.4. The summed E-state index contributed by atoms with van der Waals surface area (Å²) in [5.41, 5.74) is 0.527. The third kappa shape index (κ3) is 3.44. The Morgan fingerprint density at radius 1 is 1.16 bits per heavy atom. The lowest BCUT2D eigenvalue weighted by atomic mass is 9.79. The van der Waals surface area contributed by atoms with E-state index in [-0.39, 0.29) is 0 Å². The molecule has 3 unspecified atom stereocenters. The number of halogens is 2. The maximum Gasteiger partial charge on any atom is 0.187 e. The molecule has 1 aliphatic rings.